The highest BCUT2D eigenvalue weighted by atomic mass is 32.2. The molecule has 3 aromatic rings. The van der Waals surface area contributed by atoms with Crippen molar-refractivity contribution in [2.24, 2.45) is 0 Å². The molecular weight excluding hydrogens is 528 g/mol. The van der Waals surface area contributed by atoms with Crippen molar-refractivity contribution in [2.45, 2.75) is 49.9 Å². The van der Waals surface area contributed by atoms with Crippen LogP contribution < -0.4 is 14.4 Å². The number of nitrogens with zero attached hydrogens (tertiary/aromatic N) is 2. The smallest absolute Gasteiger partial charge is 0.254 e. The number of likely N-dealkylation sites (tertiary alicyclic amines) is 1. The van der Waals surface area contributed by atoms with Crippen molar-refractivity contribution < 1.29 is 27.5 Å². The van der Waals surface area contributed by atoms with E-state index in [1.165, 1.54) is 13.2 Å². The van der Waals surface area contributed by atoms with Crippen molar-refractivity contribution in [3.8, 4) is 11.5 Å². The minimum Gasteiger partial charge on any atom is -0.495 e. The Morgan fingerprint density at radius 1 is 1.00 bits per heavy atom. The second-order valence-corrected chi connectivity index (χ2v) is 12.4. The topological polar surface area (TPSA) is 93.2 Å². The maximum absolute atomic E-state index is 13.5. The van der Waals surface area contributed by atoms with Crippen LogP contribution in [0.4, 0.5) is 5.69 Å². The number of carbonyl (C=O) groups is 2. The van der Waals surface area contributed by atoms with Crippen LogP contribution in [0.15, 0.2) is 65.6 Å². The van der Waals surface area contributed by atoms with Gasteiger partial charge in [-0.2, -0.15) is 0 Å². The SMILES string of the molecule is COc1ccc(N2CCCC2=O)cc1S(=O)(=O)Cc1cccc(O[C@H]2CCN(C(=O)c3c(C)cccc3C)C2)c1. The lowest BCUT2D eigenvalue weighted by molar-refractivity contribution is -0.117. The first kappa shape index (κ1) is 27.7. The number of hydrogen-bond donors (Lipinski definition) is 0. The predicted octanol–water partition coefficient (Wildman–Crippen LogP) is 4.71. The zero-order valence-electron chi connectivity index (χ0n) is 23.1. The molecule has 0 bridgehead atoms. The number of hydrogen-bond acceptors (Lipinski definition) is 6. The summed E-state index contributed by atoms with van der Waals surface area (Å²) in [5.74, 6) is 0.539. The van der Waals surface area contributed by atoms with Gasteiger partial charge in [0.1, 0.15) is 22.5 Å². The summed E-state index contributed by atoms with van der Waals surface area (Å²) in [5.41, 5.74) is 3.78. The third kappa shape index (κ3) is 5.70. The molecule has 1 atom stereocenters. The van der Waals surface area contributed by atoms with Crippen LogP contribution in [-0.2, 0) is 20.4 Å². The Labute approximate surface area is 235 Å². The van der Waals surface area contributed by atoms with E-state index in [-0.39, 0.29) is 34.3 Å². The van der Waals surface area contributed by atoms with Crippen LogP contribution in [0, 0.1) is 13.8 Å². The molecule has 2 fully saturated rings. The van der Waals surface area contributed by atoms with E-state index in [4.69, 9.17) is 9.47 Å². The Morgan fingerprint density at radius 2 is 1.75 bits per heavy atom. The van der Waals surface area contributed by atoms with Crippen LogP contribution in [0.1, 0.15) is 46.3 Å². The van der Waals surface area contributed by atoms with Crippen LogP contribution in [0.25, 0.3) is 0 Å². The highest BCUT2D eigenvalue weighted by Gasteiger charge is 2.30. The molecule has 2 aliphatic rings. The van der Waals surface area contributed by atoms with Crippen LogP contribution in [0.2, 0.25) is 0 Å². The first-order valence-corrected chi connectivity index (χ1v) is 15.1. The molecule has 0 aliphatic carbocycles. The third-order valence-corrected chi connectivity index (χ3v) is 9.25. The fourth-order valence-electron chi connectivity index (χ4n) is 5.51. The standard InChI is InChI=1S/C31H34N2O6S/c1-21-7-4-8-22(2)30(21)31(35)32-16-14-26(19-32)39-25-10-5-9-23(17-25)20-40(36,37)28-18-24(12-13-27(28)38-3)33-15-6-11-29(33)34/h4-5,7-10,12-13,17-18,26H,6,11,14-16,19-20H2,1-3H3/t26-/m0/s1. The molecule has 0 spiro atoms. The van der Waals surface area contributed by atoms with Gasteiger partial charge in [-0.1, -0.05) is 30.3 Å². The van der Waals surface area contributed by atoms with E-state index in [0.717, 1.165) is 23.1 Å². The number of rotatable bonds is 8. The second-order valence-electron chi connectivity index (χ2n) is 10.4. The van der Waals surface area contributed by atoms with Gasteiger partial charge in [-0.3, -0.25) is 9.59 Å². The maximum atomic E-state index is 13.5. The molecule has 40 heavy (non-hydrogen) atoms. The molecule has 8 nitrogen and oxygen atoms in total. The average Bonchev–Trinajstić information content (AvgIpc) is 3.57. The van der Waals surface area contributed by atoms with Gasteiger partial charge in [-0.25, -0.2) is 8.42 Å². The molecule has 5 rings (SSSR count). The van der Waals surface area contributed by atoms with E-state index in [1.54, 1.807) is 41.3 Å². The van der Waals surface area contributed by atoms with E-state index in [2.05, 4.69) is 0 Å². The summed E-state index contributed by atoms with van der Waals surface area (Å²) < 4.78 is 38.6. The van der Waals surface area contributed by atoms with Crippen LogP contribution in [0.5, 0.6) is 11.5 Å². The lowest BCUT2D eigenvalue weighted by Crippen LogP contribution is -2.31. The molecule has 2 amide bonds. The van der Waals surface area contributed by atoms with Crippen molar-refractivity contribution >= 4 is 27.3 Å². The summed E-state index contributed by atoms with van der Waals surface area (Å²) in [6.07, 6.45) is 1.71. The average molecular weight is 563 g/mol. The number of sulfone groups is 1. The summed E-state index contributed by atoms with van der Waals surface area (Å²) in [6, 6.07) is 17.7. The van der Waals surface area contributed by atoms with Crippen molar-refractivity contribution in [1.29, 1.82) is 0 Å². The van der Waals surface area contributed by atoms with Gasteiger partial charge in [0.2, 0.25) is 5.91 Å². The molecule has 0 saturated carbocycles. The number of aryl methyl sites for hydroxylation is 2. The van der Waals surface area contributed by atoms with Gasteiger partial charge in [-0.05, 0) is 67.3 Å². The highest BCUT2D eigenvalue weighted by molar-refractivity contribution is 7.90. The molecule has 3 aromatic carbocycles. The molecule has 0 aromatic heterocycles. The molecule has 9 heteroatoms. The first-order chi connectivity index (χ1) is 19.2. The number of amides is 2. The summed E-state index contributed by atoms with van der Waals surface area (Å²) >= 11 is 0. The van der Waals surface area contributed by atoms with Gasteiger partial charge in [-0.15, -0.1) is 0 Å². The summed E-state index contributed by atoms with van der Waals surface area (Å²) in [4.78, 5) is 28.9. The number of methoxy groups -OCH3 is 1. The monoisotopic (exact) mass is 562 g/mol. The van der Waals surface area contributed by atoms with Crippen molar-refractivity contribution in [2.75, 3.05) is 31.6 Å². The van der Waals surface area contributed by atoms with Gasteiger partial charge in [0.05, 0.1) is 19.4 Å². The maximum Gasteiger partial charge on any atom is 0.254 e. The quantitative estimate of drug-likeness (QED) is 0.395. The normalized spacial score (nSPS) is 17.4. The van der Waals surface area contributed by atoms with Crippen molar-refractivity contribution in [3.05, 3.63) is 82.9 Å². The van der Waals surface area contributed by atoms with E-state index < -0.39 is 9.84 Å². The fourth-order valence-corrected chi connectivity index (χ4v) is 7.05. The molecule has 0 unspecified atom stereocenters. The molecule has 2 heterocycles. The van der Waals surface area contributed by atoms with E-state index in [9.17, 15) is 18.0 Å². The van der Waals surface area contributed by atoms with Crippen LogP contribution >= 0.6 is 0 Å². The zero-order chi connectivity index (χ0) is 28.4. The molecule has 0 N–H and O–H groups in total. The summed E-state index contributed by atoms with van der Waals surface area (Å²) in [7, 11) is -2.37. The van der Waals surface area contributed by atoms with E-state index in [0.29, 0.717) is 49.5 Å². The van der Waals surface area contributed by atoms with Crippen LogP contribution in [-0.4, -0.2) is 58.0 Å². The van der Waals surface area contributed by atoms with E-state index >= 15 is 0 Å². The number of anilines is 1. The Morgan fingerprint density at radius 3 is 2.45 bits per heavy atom. The highest BCUT2D eigenvalue weighted by Crippen LogP contribution is 2.33. The van der Waals surface area contributed by atoms with Gasteiger partial charge in [0.15, 0.2) is 9.84 Å². The number of benzene rings is 3. The molecule has 2 saturated heterocycles. The fraction of sp³-hybridized carbons (Fsp3) is 0.355. The largest absolute Gasteiger partial charge is 0.495 e. The van der Waals surface area contributed by atoms with Gasteiger partial charge in [0, 0.05) is 37.2 Å². The molecule has 210 valence electrons. The molecular formula is C31H34N2O6S. The van der Waals surface area contributed by atoms with Crippen molar-refractivity contribution in [3.63, 3.8) is 0 Å². The first-order valence-electron chi connectivity index (χ1n) is 13.5. The summed E-state index contributed by atoms with van der Waals surface area (Å²) in [6.45, 7) is 5.53. The Balaban J connectivity index is 1.29. The van der Waals surface area contributed by atoms with Gasteiger partial charge < -0.3 is 19.3 Å². The molecule has 2 aliphatic heterocycles. The van der Waals surface area contributed by atoms with Gasteiger partial charge >= 0.3 is 0 Å². The molecule has 0 radical (unpaired) electrons. The van der Waals surface area contributed by atoms with Gasteiger partial charge in [0.25, 0.3) is 5.91 Å². The lowest BCUT2D eigenvalue weighted by atomic mass is 10.0. The lowest BCUT2D eigenvalue weighted by Gasteiger charge is -2.20. The summed E-state index contributed by atoms with van der Waals surface area (Å²) in [5, 5.41) is 0. The Bertz CT molecular complexity index is 1530. The van der Waals surface area contributed by atoms with E-state index in [1.807, 2.05) is 36.9 Å². The Kier molecular flexibility index (Phi) is 7.85. The Hall–Kier alpha value is -3.85. The zero-order valence-corrected chi connectivity index (χ0v) is 23.9. The van der Waals surface area contributed by atoms with Crippen molar-refractivity contribution in [1.82, 2.24) is 4.90 Å². The minimum atomic E-state index is -3.80. The van der Waals surface area contributed by atoms with Crippen LogP contribution in [0.3, 0.4) is 0 Å². The second kappa shape index (κ2) is 11.3. The minimum absolute atomic E-state index is 0.00773. The number of carbonyl (C=O) groups excluding carboxylic acids is 2. The predicted molar refractivity (Wildman–Crippen MR) is 153 cm³/mol. The number of ether oxygens (including phenoxy) is 2. The third-order valence-electron chi connectivity index (χ3n) is 7.55.